The smallest absolute Gasteiger partial charge is 0.260 e. The minimum Gasteiger partial charge on any atom is -0.260 e. The van der Waals surface area contributed by atoms with Crippen molar-refractivity contribution >= 4 is 10.2 Å². The van der Waals surface area contributed by atoms with Gasteiger partial charge in [0.25, 0.3) is 10.2 Å². The van der Waals surface area contributed by atoms with E-state index in [0.29, 0.717) is 19.6 Å². The SMILES string of the molecule is CN1CCN(Cc2ccccn2)S1(=O)=O. The average molecular weight is 227 g/mol. The van der Waals surface area contributed by atoms with Crippen molar-refractivity contribution in [2.75, 3.05) is 20.1 Å². The second-order valence-electron chi connectivity index (χ2n) is 3.48. The Bertz CT molecular complexity index is 432. The molecule has 1 saturated heterocycles. The third-order valence-corrected chi connectivity index (χ3v) is 4.38. The molecule has 1 fully saturated rings. The van der Waals surface area contributed by atoms with Crippen LogP contribution in [-0.4, -0.2) is 42.1 Å². The topological polar surface area (TPSA) is 53.5 Å². The first kappa shape index (κ1) is 10.5. The molecule has 15 heavy (non-hydrogen) atoms. The number of pyridine rings is 1. The van der Waals surface area contributed by atoms with Crippen LogP contribution in [0.5, 0.6) is 0 Å². The maximum absolute atomic E-state index is 11.7. The van der Waals surface area contributed by atoms with Gasteiger partial charge in [0.2, 0.25) is 0 Å². The fourth-order valence-electron chi connectivity index (χ4n) is 1.51. The van der Waals surface area contributed by atoms with E-state index in [2.05, 4.69) is 4.98 Å². The second kappa shape index (κ2) is 3.88. The van der Waals surface area contributed by atoms with Crippen LogP contribution in [0.25, 0.3) is 0 Å². The highest BCUT2D eigenvalue weighted by Crippen LogP contribution is 2.16. The lowest BCUT2D eigenvalue weighted by molar-refractivity contribution is 0.440. The van der Waals surface area contributed by atoms with Gasteiger partial charge in [-0.3, -0.25) is 4.98 Å². The van der Waals surface area contributed by atoms with E-state index < -0.39 is 10.2 Å². The number of hydrogen-bond donors (Lipinski definition) is 0. The zero-order valence-electron chi connectivity index (χ0n) is 8.50. The van der Waals surface area contributed by atoms with Gasteiger partial charge in [0.1, 0.15) is 0 Å². The fourth-order valence-corrected chi connectivity index (χ4v) is 2.83. The van der Waals surface area contributed by atoms with Crippen LogP contribution in [0.1, 0.15) is 5.69 Å². The molecule has 0 atom stereocenters. The van der Waals surface area contributed by atoms with Crippen LogP contribution in [0.2, 0.25) is 0 Å². The maximum Gasteiger partial charge on any atom is 0.282 e. The Morgan fingerprint density at radius 1 is 1.40 bits per heavy atom. The van der Waals surface area contributed by atoms with Crippen molar-refractivity contribution in [3.05, 3.63) is 30.1 Å². The first-order chi connectivity index (χ1) is 7.10. The number of rotatable bonds is 2. The molecule has 2 heterocycles. The summed E-state index contributed by atoms with van der Waals surface area (Å²) in [6, 6.07) is 5.50. The van der Waals surface area contributed by atoms with Gasteiger partial charge in [-0.15, -0.1) is 0 Å². The summed E-state index contributed by atoms with van der Waals surface area (Å²) >= 11 is 0. The first-order valence-corrected chi connectivity index (χ1v) is 6.12. The predicted octanol–water partition coefficient (Wildman–Crippen LogP) is 0.0738. The van der Waals surface area contributed by atoms with Gasteiger partial charge >= 0.3 is 0 Å². The van der Waals surface area contributed by atoms with Gasteiger partial charge < -0.3 is 0 Å². The van der Waals surface area contributed by atoms with Gasteiger partial charge in [-0.1, -0.05) is 6.07 Å². The fraction of sp³-hybridized carbons (Fsp3) is 0.444. The molecule has 1 aliphatic heterocycles. The summed E-state index contributed by atoms with van der Waals surface area (Å²) in [5.74, 6) is 0. The van der Waals surface area contributed by atoms with Crippen LogP contribution >= 0.6 is 0 Å². The van der Waals surface area contributed by atoms with Crippen molar-refractivity contribution in [3.63, 3.8) is 0 Å². The van der Waals surface area contributed by atoms with Gasteiger partial charge in [0.05, 0.1) is 12.2 Å². The zero-order chi connectivity index (χ0) is 10.9. The highest BCUT2D eigenvalue weighted by molar-refractivity contribution is 7.86. The molecule has 1 aromatic rings. The molecule has 0 N–H and O–H groups in total. The van der Waals surface area contributed by atoms with Crippen molar-refractivity contribution in [1.82, 2.24) is 13.6 Å². The predicted molar refractivity (Wildman–Crippen MR) is 56.2 cm³/mol. The van der Waals surface area contributed by atoms with E-state index >= 15 is 0 Å². The molecule has 0 aliphatic carbocycles. The standard InChI is InChI=1S/C9H13N3O2S/c1-11-6-7-12(15(11,13)14)8-9-4-2-3-5-10-9/h2-5H,6-8H2,1H3. The molecule has 82 valence electrons. The summed E-state index contributed by atoms with van der Waals surface area (Å²) in [4.78, 5) is 4.11. The molecular weight excluding hydrogens is 214 g/mol. The summed E-state index contributed by atoms with van der Waals surface area (Å²) in [5, 5.41) is 0. The number of aromatic nitrogens is 1. The summed E-state index contributed by atoms with van der Waals surface area (Å²) in [5.41, 5.74) is 0.774. The van der Waals surface area contributed by atoms with Crippen LogP contribution in [0.4, 0.5) is 0 Å². The first-order valence-electron chi connectivity index (χ1n) is 4.72. The number of likely N-dealkylation sites (N-methyl/N-ethyl adjacent to an activating group) is 1. The molecule has 0 saturated carbocycles. The lowest BCUT2D eigenvalue weighted by Gasteiger charge is -2.14. The van der Waals surface area contributed by atoms with Crippen molar-refractivity contribution in [2.45, 2.75) is 6.54 Å². The van der Waals surface area contributed by atoms with Crippen molar-refractivity contribution < 1.29 is 8.42 Å². The molecule has 0 amide bonds. The summed E-state index contributed by atoms with van der Waals surface area (Å²) in [6.07, 6.45) is 1.67. The third-order valence-electron chi connectivity index (χ3n) is 2.45. The van der Waals surface area contributed by atoms with E-state index in [0.717, 1.165) is 5.69 Å². The van der Waals surface area contributed by atoms with Gasteiger partial charge in [-0.25, -0.2) is 0 Å². The molecule has 0 radical (unpaired) electrons. The van der Waals surface area contributed by atoms with Crippen molar-refractivity contribution in [3.8, 4) is 0 Å². The Labute approximate surface area is 89.5 Å². The highest BCUT2D eigenvalue weighted by Gasteiger charge is 2.33. The van der Waals surface area contributed by atoms with E-state index in [9.17, 15) is 8.42 Å². The molecule has 0 spiro atoms. The van der Waals surface area contributed by atoms with E-state index in [1.54, 1.807) is 13.2 Å². The van der Waals surface area contributed by atoms with Crippen LogP contribution in [0.3, 0.4) is 0 Å². The Hall–Kier alpha value is -0.980. The third kappa shape index (κ3) is 2.01. The minimum absolute atomic E-state index is 0.355. The van der Waals surface area contributed by atoms with E-state index in [4.69, 9.17) is 0 Å². The molecule has 6 heteroatoms. The molecule has 1 aromatic heterocycles. The Kier molecular flexibility index (Phi) is 2.72. The van der Waals surface area contributed by atoms with Gasteiger partial charge in [0.15, 0.2) is 0 Å². The van der Waals surface area contributed by atoms with Crippen LogP contribution in [-0.2, 0) is 16.8 Å². The molecular formula is C9H13N3O2S. The number of hydrogen-bond acceptors (Lipinski definition) is 3. The zero-order valence-corrected chi connectivity index (χ0v) is 9.31. The quantitative estimate of drug-likeness (QED) is 0.718. The summed E-state index contributed by atoms with van der Waals surface area (Å²) in [6.45, 7) is 1.44. The molecule has 1 aliphatic rings. The van der Waals surface area contributed by atoms with Gasteiger partial charge in [0, 0.05) is 26.3 Å². The lowest BCUT2D eigenvalue weighted by Crippen LogP contribution is -2.30. The molecule has 0 bridgehead atoms. The molecule has 0 unspecified atom stereocenters. The summed E-state index contributed by atoms with van der Waals surface area (Å²) < 4.78 is 26.2. The van der Waals surface area contributed by atoms with E-state index in [-0.39, 0.29) is 0 Å². The van der Waals surface area contributed by atoms with Gasteiger partial charge in [-0.05, 0) is 12.1 Å². The van der Waals surface area contributed by atoms with Crippen LogP contribution in [0, 0.1) is 0 Å². The summed E-state index contributed by atoms with van der Waals surface area (Å²) in [7, 11) is -1.65. The highest BCUT2D eigenvalue weighted by atomic mass is 32.2. The van der Waals surface area contributed by atoms with Crippen molar-refractivity contribution in [2.24, 2.45) is 0 Å². The maximum atomic E-state index is 11.7. The molecule has 5 nitrogen and oxygen atoms in total. The second-order valence-corrected chi connectivity index (χ2v) is 5.52. The number of nitrogens with zero attached hydrogens (tertiary/aromatic N) is 3. The Morgan fingerprint density at radius 3 is 2.73 bits per heavy atom. The van der Waals surface area contributed by atoms with E-state index in [1.807, 2.05) is 18.2 Å². The molecule has 2 rings (SSSR count). The molecule has 0 aromatic carbocycles. The van der Waals surface area contributed by atoms with Crippen LogP contribution in [0.15, 0.2) is 24.4 Å². The van der Waals surface area contributed by atoms with Gasteiger partial charge in [-0.2, -0.15) is 17.0 Å². The van der Waals surface area contributed by atoms with Crippen molar-refractivity contribution in [1.29, 1.82) is 0 Å². The lowest BCUT2D eigenvalue weighted by atomic mass is 10.3. The Balaban J connectivity index is 2.15. The van der Waals surface area contributed by atoms with Crippen LogP contribution < -0.4 is 0 Å². The average Bonchev–Trinajstić information content (AvgIpc) is 2.47. The Morgan fingerprint density at radius 2 is 2.20 bits per heavy atom. The minimum atomic E-state index is -3.24. The largest absolute Gasteiger partial charge is 0.282 e. The monoisotopic (exact) mass is 227 g/mol. The normalized spacial score (nSPS) is 21.9. The van der Waals surface area contributed by atoms with E-state index in [1.165, 1.54) is 8.61 Å².